The molecule has 4 aromatic heterocycles. The van der Waals surface area contributed by atoms with Gasteiger partial charge in [-0.2, -0.15) is 10.5 Å². The number of esters is 1. The van der Waals surface area contributed by atoms with E-state index in [0.717, 1.165) is 83.6 Å². The van der Waals surface area contributed by atoms with Crippen LogP contribution in [-0.2, 0) is 10.3 Å². The second kappa shape index (κ2) is 12.7. The smallest absolute Gasteiger partial charge is 0.340 e. The summed E-state index contributed by atoms with van der Waals surface area (Å²) in [6, 6.07) is 52.2. The number of nitriles is 2. The number of benzene rings is 5. The monoisotopic (exact) mass is 760 g/mol. The van der Waals surface area contributed by atoms with Crippen molar-refractivity contribution in [3.05, 3.63) is 202 Å². The summed E-state index contributed by atoms with van der Waals surface area (Å²) < 4.78 is 18.0. The summed E-state index contributed by atoms with van der Waals surface area (Å²) in [5.74, 6) is 0.768. The van der Waals surface area contributed by atoms with E-state index in [1.165, 1.54) is 0 Å². The molecule has 1 spiro atoms. The Morgan fingerprint density at radius 1 is 0.525 bits per heavy atom. The van der Waals surface area contributed by atoms with Crippen LogP contribution in [0.5, 0.6) is 11.5 Å². The van der Waals surface area contributed by atoms with Crippen LogP contribution in [0.3, 0.4) is 0 Å². The van der Waals surface area contributed by atoms with Crippen molar-refractivity contribution in [3.8, 4) is 68.4 Å². The summed E-state index contributed by atoms with van der Waals surface area (Å²) in [4.78, 5) is 13.8. The molecule has 2 aliphatic heterocycles. The summed E-state index contributed by atoms with van der Waals surface area (Å²) in [6.07, 6.45) is 4.14. The lowest BCUT2D eigenvalue weighted by Crippen LogP contribution is -2.33. The van der Waals surface area contributed by atoms with Crippen LogP contribution >= 0.6 is 0 Å². The molecule has 5 aromatic carbocycles. The Labute approximate surface area is 339 Å². The van der Waals surface area contributed by atoms with Crippen LogP contribution in [0.2, 0.25) is 0 Å². The van der Waals surface area contributed by atoms with E-state index >= 15 is 0 Å². The highest BCUT2D eigenvalue weighted by molar-refractivity contribution is 5.98. The van der Waals surface area contributed by atoms with Gasteiger partial charge in [-0.3, -0.25) is 0 Å². The molecule has 59 heavy (non-hydrogen) atoms. The van der Waals surface area contributed by atoms with E-state index in [0.29, 0.717) is 28.2 Å². The van der Waals surface area contributed by atoms with Crippen LogP contribution in [0, 0.1) is 36.5 Å². The standard InChI is InChI=1S/C52H32N4O3/c1-31-43-11-5-7-25-55(43)49(47(31)35-17-13-33(29-53)14-18-35)37-21-23-41-45(27-37)58-46-28-38(22-24-42(46)52(41)40-10-4-3-9-39(40)51(57)59-52)50-48(36-19-15-34(30-54)16-20-36)32(2)44-12-6-8-26-56(44)50/h3-28H,1-2H3. The maximum absolute atomic E-state index is 13.8. The maximum Gasteiger partial charge on any atom is 0.340 e. The number of fused-ring (bicyclic) bond motifs is 8. The van der Waals surface area contributed by atoms with Gasteiger partial charge in [0.25, 0.3) is 0 Å². The molecule has 0 radical (unpaired) electrons. The van der Waals surface area contributed by atoms with E-state index in [9.17, 15) is 15.3 Å². The Morgan fingerprint density at radius 3 is 1.47 bits per heavy atom. The van der Waals surface area contributed by atoms with Crippen molar-refractivity contribution in [1.82, 2.24) is 8.80 Å². The highest BCUT2D eigenvalue weighted by Gasteiger charge is 2.53. The topological polar surface area (TPSA) is 91.9 Å². The second-order valence-corrected chi connectivity index (χ2v) is 15.1. The molecule has 0 amide bonds. The molecule has 6 heterocycles. The number of nitrogens with zero attached hydrogens (tertiary/aromatic N) is 4. The second-order valence-electron chi connectivity index (χ2n) is 15.1. The third-order valence-corrected chi connectivity index (χ3v) is 12.1. The first-order chi connectivity index (χ1) is 28.9. The fraction of sp³-hybridized carbons (Fsp3) is 0.0577. The van der Waals surface area contributed by atoms with E-state index in [4.69, 9.17) is 9.47 Å². The van der Waals surface area contributed by atoms with E-state index in [-0.39, 0.29) is 5.97 Å². The van der Waals surface area contributed by atoms with Gasteiger partial charge in [0, 0.05) is 62.4 Å². The highest BCUT2D eigenvalue weighted by atomic mass is 16.6. The molecule has 0 aliphatic carbocycles. The number of aryl methyl sites for hydroxylation is 2. The molecular formula is C52H32N4O3. The Kier molecular flexibility index (Phi) is 7.35. The van der Waals surface area contributed by atoms with Crippen molar-refractivity contribution >= 4 is 17.0 Å². The molecule has 7 nitrogen and oxygen atoms in total. The van der Waals surface area contributed by atoms with Crippen LogP contribution in [0.25, 0.3) is 55.8 Å². The molecule has 2 aliphatic rings. The van der Waals surface area contributed by atoms with Gasteiger partial charge in [0.1, 0.15) is 11.5 Å². The lowest BCUT2D eigenvalue weighted by Gasteiger charge is -2.37. The molecule has 278 valence electrons. The molecular weight excluding hydrogens is 729 g/mol. The first-order valence-electron chi connectivity index (χ1n) is 19.4. The number of pyridine rings is 2. The van der Waals surface area contributed by atoms with Gasteiger partial charge >= 0.3 is 5.97 Å². The zero-order valence-electron chi connectivity index (χ0n) is 32.0. The van der Waals surface area contributed by atoms with Gasteiger partial charge in [0.15, 0.2) is 5.60 Å². The third kappa shape index (κ3) is 4.83. The van der Waals surface area contributed by atoms with Crippen molar-refractivity contribution in [2.24, 2.45) is 0 Å². The van der Waals surface area contributed by atoms with E-state index in [1.807, 2.05) is 109 Å². The molecule has 0 atom stereocenters. The molecule has 9 aromatic rings. The molecule has 7 heteroatoms. The van der Waals surface area contributed by atoms with E-state index < -0.39 is 5.60 Å². The normalized spacial score (nSPS) is 13.3. The predicted molar refractivity (Wildman–Crippen MR) is 227 cm³/mol. The molecule has 0 fully saturated rings. The van der Waals surface area contributed by atoms with E-state index in [1.54, 1.807) is 0 Å². The third-order valence-electron chi connectivity index (χ3n) is 12.1. The lowest BCUT2D eigenvalue weighted by molar-refractivity contribution is 0.0224. The molecule has 0 N–H and O–H groups in total. The summed E-state index contributed by atoms with van der Waals surface area (Å²) in [7, 11) is 0. The molecule has 0 saturated carbocycles. The average Bonchev–Trinajstić information content (AvgIpc) is 3.87. The van der Waals surface area contributed by atoms with Crippen molar-refractivity contribution < 1.29 is 14.3 Å². The minimum Gasteiger partial charge on any atom is -0.456 e. The Morgan fingerprint density at radius 2 is 0.983 bits per heavy atom. The first kappa shape index (κ1) is 34.1. The maximum atomic E-state index is 13.8. The molecule has 0 bridgehead atoms. The largest absolute Gasteiger partial charge is 0.456 e. The number of hydrogen-bond donors (Lipinski definition) is 0. The van der Waals surface area contributed by atoms with Crippen molar-refractivity contribution in [1.29, 1.82) is 10.5 Å². The zero-order chi connectivity index (χ0) is 40.0. The van der Waals surface area contributed by atoms with Gasteiger partial charge in [0.05, 0.1) is 40.2 Å². The van der Waals surface area contributed by atoms with Crippen LogP contribution in [-0.4, -0.2) is 14.8 Å². The van der Waals surface area contributed by atoms with Crippen molar-refractivity contribution in [3.63, 3.8) is 0 Å². The summed E-state index contributed by atoms with van der Waals surface area (Å²) in [6.45, 7) is 4.25. The van der Waals surface area contributed by atoms with Crippen LogP contribution in [0.15, 0.2) is 158 Å². The summed E-state index contributed by atoms with van der Waals surface area (Å²) in [5.41, 5.74) is 15.0. The molecule has 0 saturated heterocycles. The van der Waals surface area contributed by atoms with Crippen LogP contribution < -0.4 is 4.74 Å². The minimum atomic E-state index is -1.26. The number of rotatable bonds is 4. The first-order valence-corrected chi connectivity index (χ1v) is 19.4. The van der Waals surface area contributed by atoms with Gasteiger partial charge in [-0.15, -0.1) is 0 Å². The average molecular weight is 761 g/mol. The number of ether oxygens (including phenoxy) is 2. The number of hydrogen-bond acceptors (Lipinski definition) is 5. The quantitative estimate of drug-likeness (QED) is 0.167. The van der Waals surface area contributed by atoms with Gasteiger partial charge < -0.3 is 18.3 Å². The SMILES string of the molecule is Cc1c(-c2ccc(C#N)cc2)c(-c2ccc3c(c2)Oc2cc(-c4c(-c5ccc(C#N)cc5)c(C)c5ccccn45)ccc2C32OC(=O)c3ccccc32)n2ccccc12. The number of carbonyl (C=O) groups excluding carboxylic acids is 1. The summed E-state index contributed by atoms with van der Waals surface area (Å²) >= 11 is 0. The Bertz CT molecular complexity index is 3150. The fourth-order valence-corrected chi connectivity index (χ4v) is 9.41. The highest BCUT2D eigenvalue weighted by Crippen LogP contribution is 2.58. The zero-order valence-corrected chi connectivity index (χ0v) is 32.0. The van der Waals surface area contributed by atoms with Crippen molar-refractivity contribution in [2.75, 3.05) is 0 Å². The van der Waals surface area contributed by atoms with Gasteiger partial charge in [-0.25, -0.2) is 4.79 Å². The fourth-order valence-electron chi connectivity index (χ4n) is 9.41. The minimum absolute atomic E-state index is 0.389. The van der Waals surface area contributed by atoms with Gasteiger partial charge in [-0.1, -0.05) is 66.7 Å². The van der Waals surface area contributed by atoms with Gasteiger partial charge in [0.2, 0.25) is 0 Å². The molecule has 11 rings (SSSR count). The van der Waals surface area contributed by atoms with Gasteiger partial charge in [-0.05, 0) is 115 Å². The van der Waals surface area contributed by atoms with Crippen LogP contribution in [0.1, 0.15) is 49.3 Å². The summed E-state index contributed by atoms with van der Waals surface area (Å²) in [5, 5.41) is 19.1. The predicted octanol–water partition coefficient (Wildman–Crippen LogP) is 11.8. The van der Waals surface area contributed by atoms with Crippen LogP contribution in [0.4, 0.5) is 0 Å². The number of carbonyl (C=O) groups is 1. The Hall–Kier alpha value is -8.13. The van der Waals surface area contributed by atoms with Crippen molar-refractivity contribution in [2.45, 2.75) is 19.4 Å². The van der Waals surface area contributed by atoms with E-state index in [2.05, 4.69) is 83.6 Å². The lowest BCUT2D eigenvalue weighted by atomic mass is 9.77. The number of aromatic nitrogens is 2. The Balaban J connectivity index is 1.15. The molecule has 0 unspecified atom stereocenters.